The van der Waals surface area contributed by atoms with Crippen molar-refractivity contribution in [1.82, 2.24) is 4.90 Å². The molecule has 0 spiro atoms. The highest BCUT2D eigenvalue weighted by Gasteiger charge is 2.33. The van der Waals surface area contributed by atoms with Gasteiger partial charge in [-0.15, -0.1) is 0 Å². The topological polar surface area (TPSA) is 74.3 Å². The lowest BCUT2D eigenvalue weighted by Gasteiger charge is -2.32. The summed E-state index contributed by atoms with van der Waals surface area (Å²) in [5.74, 6) is 1.17. The number of rotatable bonds is 19. The number of hydrogen-bond acceptors (Lipinski definition) is 7. The van der Waals surface area contributed by atoms with Gasteiger partial charge < -0.3 is 18.9 Å². The molecule has 0 amide bonds. The van der Waals surface area contributed by atoms with E-state index in [2.05, 4.69) is 40.3 Å². The van der Waals surface area contributed by atoms with Crippen molar-refractivity contribution in [2.45, 2.75) is 125 Å². The Morgan fingerprint density at radius 1 is 0.932 bits per heavy atom. The first-order chi connectivity index (χ1) is 21.2. The molecule has 1 aromatic rings. The third-order valence-corrected chi connectivity index (χ3v) is 8.88. The van der Waals surface area contributed by atoms with E-state index in [4.69, 9.17) is 18.9 Å². The standard InChI is InChI=1S/C37H59NO6/c1-9-14-16-18-30-24-33(43-36(39)41-22-21-29(11-3)17-15-10-2)35(32-23-28(8)19-20-31(32)27(6)7)34(25-30)44-37(40)42-26-38(12-4)13-5/h23-25,29,31-32H,6,9-22,26H2,1-5,7-8H3. The van der Waals surface area contributed by atoms with Crippen LogP contribution in [0.25, 0.3) is 0 Å². The molecule has 0 bridgehead atoms. The van der Waals surface area contributed by atoms with Gasteiger partial charge in [0, 0.05) is 11.5 Å². The third kappa shape index (κ3) is 12.3. The van der Waals surface area contributed by atoms with Crippen molar-refractivity contribution in [2.75, 3.05) is 26.4 Å². The molecule has 3 atom stereocenters. The van der Waals surface area contributed by atoms with E-state index in [1.807, 2.05) is 37.8 Å². The molecule has 1 aliphatic rings. The Balaban J connectivity index is 2.49. The largest absolute Gasteiger partial charge is 0.515 e. The SMILES string of the molecule is C=C(C)C1CCC(C)=CC1c1c(OC(=O)OCCC(CC)CCCC)cc(CCCCC)cc1OC(=O)OCN(CC)CC. The first-order valence-corrected chi connectivity index (χ1v) is 17.1. The molecular formula is C37H59NO6. The van der Waals surface area contributed by atoms with Gasteiger partial charge in [0.15, 0.2) is 0 Å². The predicted octanol–water partition coefficient (Wildman–Crippen LogP) is 10.4. The van der Waals surface area contributed by atoms with Gasteiger partial charge in [-0.05, 0) is 88.6 Å². The number of nitrogens with zero attached hydrogens (tertiary/aromatic N) is 1. The normalized spacial score (nSPS) is 17.1. The van der Waals surface area contributed by atoms with Crippen LogP contribution >= 0.6 is 0 Å². The van der Waals surface area contributed by atoms with E-state index < -0.39 is 12.3 Å². The maximum Gasteiger partial charge on any atom is 0.515 e. The number of allylic oxidation sites excluding steroid dienone is 3. The molecular weight excluding hydrogens is 554 g/mol. The van der Waals surface area contributed by atoms with Gasteiger partial charge in [-0.3, -0.25) is 4.90 Å². The highest BCUT2D eigenvalue weighted by atomic mass is 16.7. The Kier molecular flexibility index (Phi) is 17.2. The Hall–Kier alpha value is -2.80. The van der Waals surface area contributed by atoms with E-state index in [0.717, 1.165) is 88.4 Å². The highest BCUT2D eigenvalue weighted by molar-refractivity contribution is 5.69. The van der Waals surface area contributed by atoms with Crippen LogP contribution in [-0.4, -0.2) is 43.6 Å². The van der Waals surface area contributed by atoms with Gasteiger partial charge in [0.25, 0.3) is 0 Å². The number of carbonyl (C=O) groups excluding carboxylic acids is 2. The number of carbonyl (C=O) groups is 2. The average molecular weight is 614 g/mol. The van der Waals surface area contributed by atoms with Crippen LogP contribution in [-0.2, 0) is 15.9 Å². The monoisotopic (exact) mass is 613 g/mol. The molecule has 7 heteroatoms. The van der Waals surface area contributed by atoms with E-state index >= 15 is 0 Å². The number of benzene rings is 1. The van der Waals surface area contributed by atoms with Crippen molar-refractivity contribution >= 4 is 12.3 Å². The van der Waals surface area contributed by atoms with Crippen LogP contribution in [0.1, 0.15) is 130 Å². The third-order valence-electron chi connectivity index (χ3n) is 8.88. The summed E-state index contributed by atoms with van der Waals surface area (Å²) in [6, 6.07) is 3.83. The molecule has 7 nitrogen and oxygen atoms in total. The summed E-state index contributed by atoms with van der Waals surface area (Å²) in [4.78, 5) is 28.2. The van der Waals surface area contributed by atoms with Crippen LogP contribution in [0.2, 0.25) is 0 Å². The quantitative estimate of drug-likeness (QED) is 0.0505. The number of aryl methyl sites for hydroxylation is 1. The van der Waals surface area contributed by atoms with Crippen LogP contribution in [0.4, 0.5) is 9.59 Å². The summed E-state index contributed by atoms with van der Waals surface area (Å²) < 4.78 is 23.1. The van der Waals surface area contributed by atoms with Crippen LogP contribution in [0.3, 0.4) is 0 Å². The Labute approximate surface area is 267 Å². The lowest BCUT2D eigenvalue weighted by molar-refractivity contribution is 0.0442. The summed E-state index contributed by atoms with van der Waals surface area (Å²) in [6.07, 6.45) is 11.8. The maximum absolute atomic E-state index is 13.1. The fourth-order valence-corrected chi connectivity index (χ4v) is 5.93. The van der Waals surface area contributed by atoms with Gasteiger partial charge >= 0.3 is 12.3 Å². The molecule has 0 N–H and O–H groups in total. The zero-order chi connectivity index (χ0) is 32.5. The molecule has 1 aliphatic carbocycles. The van der Waals surface area contributed by atoms with Gasteiger partial charge in [-0.2, -0.15) is 0 Å². The predicted molar refractivity (Wildman–Crippen MR) is 179 cm³/mol. The number of unbranched alkanes of at least 4 members (excludes halogenated alkanes) is 3. The summed E-state index contributed by atoms with van der Waals surface area (Å²) in [6.45, 7) is 20.9. The van der Waals surface area contributed by atoms with Crippen molar-refractivity contribution in [3.8, 4) is 11.5 Å². The molecule has 0 saturated heterocycles. The van der Waals surface area contributed by atoms with Crippen LogP contribution in [0.5, 0.6) is 11.5 Å². The first kappa shape index (κ1) is 37.4. The average Bonchev–Trinajstić information content (AvgIpc) is 2.99. The van der Waals surface area contributed by atoms with Crippen LogP contribution < -0.4 is 9.47 Å². The molecule has 0 radical (unpaired) electrons. The number of ether oxygens (including phenoxy) is 4. The van der Waals surface area contributed by atoms with Gasteiger partial charge in [0.05, 0.1) is 6.61 Å². The molecule has 2 rings (SSSR count). The van der Waals surface area contributed by atoms with Gasteiger partial charge in [-0.1, -0.05) is 96.9 Å². The molecule has 44 heavy (non-hydrogen) atoms. The minimum Gasteiger partial charge on any atom is -0.434 e. The van der Waals surface area contributed by atoms with Gasteiger partial charge in [0.1, 0.15) is 18.2 Å². The van der Waals surface area contributed by atoms with Crippen molar-refractivity contribution in [3.63, 3.8) is 0 Å². The summed E-state index contributed by atoms with van der Waals surface area (Å²) in [7, 11) is 0. The Morgan fingerprint density at radius 2 is 1.57 bits per heavy atom. The second-order valence-electron chi connectivity index (χ2n) is 12.3. The van der Waals surface area contributed by atoms with Crippen LogP contribution in [0, 0.1) is 11.8 Å². The smallest absolute Gasteiger partial charge is 0.434 e. The lowest BCUT2D eigenvalue weighted by atomic mass is 9.73. The van der Waals surface area contributed by atoms with E-state index in [1.54, 1.807) is 0 Å². The second kappa shape index (κ2) is 20.3. The van der Waals surface area contributed by atoms with E-state index in [1.165, 1.54) is 12.0 Å². The lowest BCUT2D eigenvalue weighted by Crippen LogP contribution is -2.28. The molecule has 248 valence electrons. The Bertz CT molecular complexity index is 1080. The molecule has 0 aromatic heterocycles. The van der Waals surface area contributed by atoms with Crippen molar-refractivity contribution in [2.24, 2.45) is 11.8 Å². The fourth-order valence-electron chi connectivity index (χ4n) is 5.93. The van der Waals surface area contributed by atoms with Crippen molar-refractivity contribution in [1.29, 1.82) is 0 Å². The maximum atomic E-state index is 13.1. The number of hydrogen-bond donors (Lipinski definition) is 0. The Morgan fingerprint density at radius 3 is 2.14 bits per heavy atom. The molecule has 0 fully saturated rings. The summed E-state index contributed by atoms with van der Waals surface area (Å²) in [5.41, 5.74) is 3.86. The second-order valence-corrected chi connectivity index (χ2v) is 12.3. The molecule has 0 heterocycles. The molecule has 0 saturated carbocycles. The molecule has 0 aliphatic heterocycles. The van der Waals surface area contributed by atoms with Gasteiger partial charge in [-0.25, -0.2) is 9.59 Å². The minimum absolute atomic E-state index is 0.0981. The van der Waals surface area contributed by atoms with Crippen molar-refractivity contribution in [3.05, 3.63) is 47.1 Å². The van der Waals surface area contributed by atoms with E-state index in [0.29, 0.717) is 29.6 Å². The van der Waals surface area contributed by atoms with Crippen molar-refractivity contribution < 1.29 is 28.5 Å². The minimum atomic E-state index is -0.779. The molecule has 3 unspecified atom stereocenters. The fraction of sp³-hybridized carbons (Fsp3) is 0.676. The van der Waals surface area contributed by atoms with Crippen LogP contribution in [0.15, 0.2) is 35.9 Å². The molecule has 1 aromatic carbocycles. The highest BCUT2D eigenvalue weighted by Crippen LogP contribution is 2.47. The summed E-state index contributed by atoms with van der Waals surface area (Å²) in [5, 5.41) is 0. The first-order valence-electron chi connectivity index (χ1n) is 17.1. The van der Waals surface area contributed by atoms with Gasteiger partial charge in [0.2, 0.25) is 0 Å². The summed E-state index contributed by atoms with van der Waals surface area (Å²) >= 11 is 0. The van der Waals surface area contributed by atoms with E-state index in [-0.39, 0.29) is 18.6 Å². The zero-order valence-electron chi connectivity index (χ0n) is 28.7. The zero-order valence-corrected chi connectivity index (χ0v) is 28.7. The van der Waals surface area contributed by atoms with E-state index in [9.17, 15) is 9.59 Å².